The Hall–Kier alpha value is -1.26. The molecule has 5 nitrogen and oxygen atoms in total. The number of carboxylic acid groups (broad SMARTS) is 1. The Morgan fingerprint density at radius 2 is 1.76 bits per heavy atom. The van der Waals surface area contributed by atoms with E-state index < -0.39 is 5.97 Å². The summed E-state index contributed by atoms with van der Waals surface area (Å²) in [4.78, 5) is 23.9. The molecule has 0 heterocycles. The van der Waals surface area contributed by atoms with Crippen molar-refractivity contribution in [3.63, 3.8) is 0 Å². The van der Waals surface area contributed by atoms with Crippen LogP contribution in [0.25, 0.3) is 0 Å². The first kappa shape index (κ1) is 15.7. The van der Waals surface area contributed by atoms with Crippen molar-refractivity contribution in [3.05, 3.63) is 0 Å². The largest absolute Gasteiger partial charge is 0.480 e. The Balaban J connectivity index is 4.45. The number of carbonyl (C=O) groups excluding carboxylic acids is 1. The van der Waals surface area contributed by atoms with Gasteiger partial charge in [-0.3, -0.25) is 4.79 Å². The van der Waals surface area contributed by atoms with Crippen LogP contribution >= 0.6 is 0 Å². The van der Waals surface area contributed by atoms with Crippen molar-refractivity contribution >= 4 is 12.0 Å². The molecular weight excluding hydrogens is 220 g/mol. The number of hydrogen-bond donors (Lipinski definition) is 2. The summed E-state index contributed by atoms with van der Waals surface area (Å²) < 4.78 is 0. The molecule has 100 valence electrons. The monoisotopic (exact) mass is 244 g/mol. The van der Waals surface area contributed by atoms with Crippen LogP contribution in [-0.4, -0.2) is 41.1 Å². The topological polar surface area (TPSA) is 69.6 Å². The summed E-state index contributed by atoms with van der Waals surface area (Å²) in [5.74, 6) is -0.729. The maximum Gasteiger partial charge on any atom is 0.323 e. The minimum Gasteiger partial charge on any atom is -0.480 e. The number of rotatable bonds is 7. The van der Waals surface area contributed by atoms with E-state index >= 15 is 0 Å². The Labute approximate surface area is 103 Å². The van der Waals surface area contributed by atoms with Crippen molar-refractivity contribution in [1.29, 1.82) is 0 Å². The van der Waals surface area contributed by atoms with Crippen LogP contribution in [0.3, 0.4) is 0 Å². The van der Waals surface area contributed by atoms with Gasteiger partial charge in [0, 0.05) is 12.6 Å². The number of hydrogen-bond acceptors (Lipinski definition) is 2. The summed E-state index contributed by atoms with van der Waals surface area (Å²) in [6.07, 6.45) is 1.70. The molecule has 0 aromatic carbocycles. The maximum absolute atomic E-state index is 11.9. The van der Waals surface area contributed by atoms with Gasteiger partial charge < -0.3 is 15.3 Å². The van der Waals surface area contributed by atoms with Gasteiger partial charge in [0.25, 0.3) is 0 Å². The number of carboxylic acids is 1. The first-order chi connectivity index (χ1) is 7.90. The van der Waals surface area contributed by atoms with Gasteiger partial charge in [-0.2, -0.15) is 0 Å². The molecule has 0 aromatic rings. The van der Waals surface area contributed by atoms with E-state index in [0.717, 1.165) is 12.8 Å². The average molecular weight is 244 g/mol. The lowest BCUT2D eigenvalue weighted by Crippen LogP contribution is -2.47. The summed E-state index contributed by atoms with van der Waals surface area (Å²) in [6.45, 7) is 8.12. The van der Waals surface area contributed by atoms with Gasteiger partial charge in [0.15, 0.2) is 0 Å². The molecule has 0 fully saturated rings. The summed E-state index contributed by atoms with van der Waals surface area (Å²) in [7, 11) is 0. The van der Waals surface area contributed by atoms with Gasteiger partial charge in [-0.25, -0.2) is 4.79 Å². The lowest BCUT2D eigenvalue weighted by molar-refractivity contribution is -0.137. The minimum absolute atomic E-state index is 0.117. The molecule has 0 saturated heterocycles. The lowest BCUT2D eigenvalue weighted by Gasteiger charge is -2.25. The fourth-order valence-electron chi connectivity index (χ4n) is 1.58. The average Bonchev–Trinajstić information content (AvgIpc) is 2.23. The van der Waals surface area contributed by atoms with Gasteiger partial charge in [0.1, 0.15) is 6.54 Å². The first-order valence-corrected chi connectivity index (χ1v) is 6.17. The van der Waals surface area contributed by atoms with Crippen molar-refractivity contribution in [2.75, 3.05) is 13.1 Å². The Morgan fingerprint density at radius 1 is 1.24 bits per heavy atom. The van der Waals surface area contributed by atoms with E-state index in [1.54, 1.807) is 0 Å². The van der Waals surface area contributed by atoms with Crippen molar-refractivity contribution in [2.24, 2.45) is 5.92 Å². The Bertz CT molecular complexity index is 250. The summed E-state index contributed by atoms with van der Waals surface area (Å²) in [5.41, 5.74) is 0. The first-order valence-electron chi connectivity index (χ1n) is 6.17. The second kappa shape index (κ2) is 7.92. The van der Waals surface area contributed by atoms with Crippen LogP contribution < -0.4 is 5.32 Å². The van der Waals surface area contributed by atoms with E-state index in [0.29, 0.717) is 6.54 Å². The molecule has 0 unspecified atom stereocenters. The summed E-state index contributed by atoms with van der Waals surface area (Å²) in [6, 6.07) is -0.166. The molecule has 0 aliphatic heterocycles. The molecule has 0 radical (unpaired) electrons. The second-order valence-electron chi connectivity index (χ2n) is 4.63. The Morgan fingerprint density at radius 3 is 2.12 bits per heavy atom. The number of aliphatic carboxylic acids is 1. The van der Waals surface area contributed by atoms with Crippen LogP contribution in [0, 0.1) is 5.92 Å². The molecule has 0 rings (SSSR count). The molecular formula is C12H24N2O3. The fourth-order valence-corrected chi connectivity index (χ4v) is 1.58. The second-order valence-corrected chi connectivity index (χ2v) is 4.63. The lowest BCUT2D eigenvalue weighted by atomic mass is 10.2. The SMILES string of the molecule is CCC(CC)NC(=O)N(CC(=O)O)CC(C)C. The highest BCUT2D eigenvalue weighted by molar-refractivity contribution is 5.80. The zero-order valence-corrected chi connectivity index (χ0v) is 11.2. The van der Waals surface area contributed by atoms with E-state index in [2.05, 4.69) is 5.32 Å². The summed E-state index contributed by atoms with van der Waals surface area (Å²) >= 11 is 0. The summed E-state index contributed by atoms with van der Waals surface area (Å²) in [5, 5.41) is 11.6. The molecule has 2 N–H and O–H groups in total. The normalized spacial score (nSPS) is 10.7. The third kappa shape index (κ3) is 6.81. The van der Waals surface area contributed by atoms with Crippen LogP contribution in [0.2, 0.25) is 0 Å². The zero-order valence-electron chi connectivity index (χ0n) is 11.2. The highest BCUT2D eigenvalue weighted by atomic mass is 16.4. The van der Waals surface area contributed by atoms with Crippen LogP contribution in [-0.2, 0) is 4.79 Å². The number of nitrogens with one attached hydrogen (secondary N) is 1. The molecule has 0 aliphatic rings. The third-order valence-corrected chi connectivity index (χ3v) is 2.51. The van der Waals surface area contributed by atoms with E-state index in [9.17, 15) is 9.59 Å². The quantitative estimate of drug-likeness (QED) is 0.719. The van der Waals surface area contributed by atoms with E-state index in [1.807, 2.05) is 27.7 Å². The molecule has 5 heteroatoms. The predicted molar refractivity (Wildman–Crippen MR) is 66.9 cm³/mol. The standard InChI is InChI=1S/C12H24N2O3/c1-5-10(6-2)13-12(17)14(7-9(3)4)8-11(15)16/h9-10H,5-8H2,1-4H3,(H,13,17)(H,15,16). The number of nitrogens with zero attached hydrogens (tertiary/aromatic N) is 1. The van der Waals surface area contributed by atoms with Crippen molar-refractivity contribution < 1.29 is 14.7 Å². The molecule has 17 heavy (non-hydrogen) atoms. The maximum atomic E-state index is 11.9. The van der Waals surface area contributed by atoms with Gasteiger partial charge in [-0.05, 0) is 18.8 Å². The van der Waals surface area contributed by atoms with E-state index in [1.165, 1.54) is 4.90 Å². The van der Waals surface area contributed by atoms with E-state index in [-0.39, 0.29) is 24.5 Å². The van der Waals surface area contributed by atoms with Gasteiger partial charge in [-0.15, -0.1) is 0 Å². The minimum atomic E-state index is -0.981. The number of urea groups is 1. The van der Waals surface area contributed by atoms with Gasteiger partial charge in [0.2, 0.25) is 0 Å². The molecule has 0 atom stereocenters. The Kier molecular flexibility index (Phi) is 7.34. The third-order valence-electron chi connectivity index (χ3n) is 2.51. The van der Waals surface area contributed by atoms with Crippen LogP contribution in [0.5, 0.6) is 0 Å². The van der Waals surface area contributed by atoms with Gasteiger partial charge in [0.05, 0.1) is 0 Å². The van der Waals surface area contributed by atoms with Crippen molar-refractivity contribution in [3.8, 4) is 0 Å². The van der Waals surface area contributed by atoms with Gasteiger partial charge in [-0.1, -0.05) is 27.7 Å². The number of amides is 2. The van der Waals surface area contributed by atoms with Crippen LogP contribution in [0.1, 0.15) is 40.5 Å². The number of carbonyl (C=O) groups is 2. The zero-order chi connectivity index (χ0) is 13.4. The smallest absolute Gasteiger partial charge is 0.323 e. The predicted octanol–water partition coefficient (Wildman–Crippen LogP) is 1.93. The fraction of sp³-hybridized carbons (Fsp3) is 0.833. The van der Waals surface area contributed by atoms with Crippen molar-refractivity contribution in [2.45, 2.75) is 46.6 Å². The van der Waals surface area contributed by atoms with Crippen molar-refractivity contribution in [1.82, 2.24) is 10.2 Å². The highest BCUT2D eigenvalue weighted by Gasteiger charge is 2.19. The van der Waals surface area contributed by atoms with E-state index in [4.69, 9.17) is 5.11 Å². The molecule has 0 spiro atoms. The molecule has 0 bridgehead atoms. The molecule has 0 aromatic heterocycles. The van der Waals surface area contributed by atoms with Crippen LogP contribution in [0.15, 0.2) is 0 Å². The van der Waals surface area contributed by atoms with Gasteiger partial charge >= 0.3 is 12.0 Å². The molecule has 2 amide bonds. The molecule has 0 saturated carbocycles. The van der Waals surface area contributed by atoms with Crippen LogP contribution in [0.4, 0.5) is 4.79 Å². The highest BCUT2D eigenvalue weighted by Crippen LogP contribution is 2.02. The molecule has 0 aliphatic carbocycles.